The number of nitro benzene ring substituents is 1. The van der Waals surface area contributed by atoms with Crippen LogP contribution in [0.2, 0.25) is 0 Å². The Labute approximate surface area is 118 Å². The number of benzene rings is 1. The minimum absolute atomic E-state index is 0.0201. The molecule has 1 aliphatic rings. The van der Waals surface area contributed by atoms with Gasteiger partial charge in [0.2, 0.25) is 0 Å². The number of nitrogens with two attached hydrogens (primary N) is 1. The van der Waals surface area contributed by atoms with Crippen LogP contribution in [0.25, 0.3) is 0 Å². The average Bonchev–Trinajstić information content (AvgIpc) is 2.43. The second kappa shape index (κ2) is 6.19. The van der Waals surface area contributed by atoms with Gasteiger partial charge in [0.15, 0.2) is 5.75 Å². The largest absolute Gasteiger partial charge is 0.490 e. The molecule has 0 radical (unpaired) electrons. The number of nitrogens with zero attached hydrogens (tertiary/aromatic N) is 2. The molecule has 2 atom stereocenters. The molecule has 0 bridgehead atoms. The minimum Gasteiger partial charge on any atom is -0.490 e. The van der Waals surface area contributed by atoms with Crippen molar-refractivity contribution < 1.29 is 9.66 Å². The summed E-state index contributed by atoms with van der Waals surface area (Å²) in [7, 11) is 1.44. The quantitative estimate of drug-likeness (QED) is 0.671. The molecule has 1 aromatic rings. The van der Waals surface area contributed by atoms with Gasteiger partial charge in [-0.1, -0.05) is 13.0 Å². The fraction of sp³-hybridized carbons (Fsp3) is 0.571. The number of rotatable bonds is 4. The van der Waals surface area contributed by atoms with Crippen molar-refractivity contribution in [3.63, 3.8) is 0 Å². The van der Waals surface area contributed by atoms with Crippen molar-refractivity contribution in [2.45, 2.75) is 25.9 Å². The van der Waals surface area contributed by atoms with Gasteiger partial charge in [0.25, 0.3) is 0 Å². The molecule has 0 amide bonds. The molecule has 110 valence electrons. The maximum Gasteiger partial charge on any atom is 0.311 e. The van der Waals surface area contributed by atoms with Gasteiger partial charge in [0.1, 0.15) is 0 Å². The van der Waals surface area contributed by atoms with Crippen LogP contribution in [0, 0.1) is 16.0 Å². The summed E-state index contributed by atoms with van der Waals surface area (Å²) in [5, 5.41) is 11.0. The van der Waals surface area contributed by atoms with Crippen LogP contribution in [-0.4, -0.2) is 36.1 Å². The maximum atomic E-state index is 11.0. The van der Waals surface area contributed by atoms with Crippen molar-refractivity contribution in [2.75, 3.05) is 20.2 Å². The van der Waals surface area contributed by atoms with Crippen molar-refractivity contribution in [1.29, 1.82) is 0 Å². The van der Waals surface area contributed by atoms with Crippen molar-refractivity contribution in [3.05, 3.63) is 33.9 Å². The van der Waals surface area contributed by atoms with Gasteiger partial charge in [-0.25, -0.2) is 0 Å². The molecule has 0 aromatic heterocycles. The second-order valence-corrected chi connectivity index (χ2v) is 5.43. The molecule has 0 saturated carbocycles. The summed E-state index contributed by atoms with van der Waals surface area (Å²) >= 11 is 0. The lowest BCUT2D eigenvalue weighted by atomic mass is 9.94. The molecule has 20 heavy (non-hydrogen) atoms. The van der Waals surface area contributed by atoms with E-state index in [-0.39, 0.29) is 11.7 Å². The topological polar surface area (TPSA) is 81.6 Å². The van der Waals surface area contributed by atoms with E-state index in [2.05, 4.69) is 11.8 Å². The Morgan fingerprint density at radius 1 is 1.55 bits per heavy atom. The molecule has 1 heterocycles. The van der Waals surface area contributed by atoms with Gasteiger partial charge in [0, 0.05) is 25.2 Å². The number of methoxy groups -OCH3 is 1. The van der Waals surface area contributed by atoms with E-state index in [0.29, 0.717) is 18.2 Å². The third-order valence-electron chi connectivity index (χ3n) is 3.90. The fourth-order valence-corrected chi connectivity index (χ4v) is 2.63. The van der Waals surface area contributed by atoms with Crippen LogP contribution in [-0.2, 0) is 6.54 Å². The lowest BCUT2D eigenvalue weighted by molar-refractivity contribution is -0.385. The summed E-state index contributed by atoms with van der Waals surface area (Å²) in [6, 6.07) is 5.40. The number of hydrogen-bond donors (Lipinski definition) is 1. The molecule has 6 heteroatoms. The highest BCUT2D eigenvalue weighted by molar-refractivity contribution is 5.48. The highest BCUT2D eigenvalue weighted by Gasteiger charge is 2.23. The third kappa shape index (κ3) is 3.26. The summed E-state index contributed by atoms with van der Waals surface area (Å²) in [5.74, 6) is 0.754. The lowest BCUT2D eigenvalue weighted by Crippen LogP contribution is -2.45. The van der Waals surface area contributed by atoms with Gasteiger partial charge in [-0.2, -0.15) is 0 Å². The number of ether oxygens (including phenoxy) is 1. The Morgan fingerprint density at radius 2 is 2.30 bits per heavy atom. The van der Waals surface area contributed by atoms with Crippen molar-refractivity contribution in [3.8, 4) is 5.75 Å². The van der Waals surface area contributed by atoms with Crippen LogP contribution >= 0.6 is 0 Å². The Morgan fingerprint density at radius 3 is 2.90 bits per heavy atom. The first-order valence-corrected chi connectivity index (χ1v) is 6.80. The SMILES string of the molecule is COc1ccc(CN2CCC(N)C(C)C2)cc1[N+](=O)[O-]. The van der Waals surface area contributed by atoms with Gasteiger partial charge >= 0.3 is 5.69 Å². The molecule has 6 nitrogen and oxygen atoms in total. The Kier molecular flexibility index (Phi) is 4.57. The molecule has 1 fully saturated rings. The van der Waals surface area contributed by atoms with Gasteiger partial charge in [0.05, 0.1) is 12.0 Å². The second-order valence-electron chi connectivity index (χ2n) is 5.43. The first-order chi connectivity index (χ1) is 9.51. The Balaban J connectivity index is 2.10. The molecule has 1 saturated heterocycles. The molecular weight excluding hydrogens is 258 g/mol. The van der Waals surface area contributed by atoms with Crippen molar-refractivity contribution >= 4 is 5.69 Å². The summed E-state index contributed by atoms with van der Waals surface area (Å²) in [6.45, 7) is 4.72. The summed E-state index contributed by atoms with van der Waals surface area (Å²) in [4.78, 5) is 12.9. The van der Waals surface area contributed by atoms with Crippen LogP contribution in [0.15, 0.2) is 18.2 Å². The highest BCUT2D eigenvalue weighted by atomic mass is 16.6. The first-order valence-electron chi connectivity index (χ1n) is 6.80. The van der Waals surface area contributed by atoms with Crippen LogP contribution in [0.4, 0.5) is 5.69 Å². The standard InChI is InChI=1S/C14H21N3O3/c1-10-8-16(6-5-12(10)15)9-11-3-4-14(20-2)13(7-11)17(18)19/h3-4,7,10,12H,5-6,8-9,15H2,1-2H3. The molecular formula is C14H21N3O3. The smallest absolute Gasteiger partial charge is 0.311 e. The highest BCUT2D eigenvalue weighted by Crippen LogP contribution is 2.28. The predicted molar refractivity (Wildman–Crippen MR) is 76.7 cm³/mol. The molecule has 0 spiro atoms. The minimum atomic E-state index is -0.406. The molecule has 1 aliphatic heterocycles. The summed E-state index contributed by atoms with van der Waals surface area (Å²) < 4.78 is 5.01. The first kappa shape index (κ1) is 14.7. The van der Waals surface area contributed by atoms with Crippen molar-refractivity contribution in [2.24, 2.45) is 11.7 Å². The molecule has 0 aliphatic carbocycles. The van der Waals surface area contributed by atoms with E-state index in [1.165, 1.54) is 7.11 Å². The molecule has 1 aromatic carbocycles. The Hall–Kier alpha value is -1.66. The van der Waals surface area contributed by atoms with E-state index in [4.69, 9.17) is 10.5 Å². The molecule has 2 rings (SSSR count). The van der Waals surface area contributed by atoms with Crippen LogP contribution < -0.4 is 10.5 Å². The zero-order chi connectivity index (χ0) is 14.7. The normalized spacial score (nSPS) is 23.6. The van der Waals surface area contributed by atoms with E-state index in [1.807, 2.05) is 6.07 Å². The zero-order valence-electron chi connectivity index (χ0n) is 11.9. The maximum absolute atomic E-state index is 11.0. The van der Waals surface area contributed by atoms with Gasteiger partial charge in [-0.3, -0.25) is 15.0 Å². The van der Waals surface area contributed by atoms with Gasteiger partial charge < -0.3 is 10.5 Å². The lowest BCUT2D eigenvalue weighted by Gasteiger charge is -2.35. The summed E-state index contributed by atoms with van der Waals surface area (Å²) in [6.07, 6.45) is 0.972. The number of likely N-dealkylation sites (tertiary alicyclic amines) is 1. The van der Waals surface area contributed by atoms with E-state index < -0.39 is 4.92 Å². The number of hydrogen-bond acceptors (Lipinski definition) is 5. The number of nitro groups is 1. The van der Waals surface area contributed by atoms with E-state index >= 15 is 0 Å². The van der Waals surface area contributed by atoms with E-state index in [9.17, 15) is 10.1 Å². The zero-order valence-corrected chi connectivity index (χ0v) is 11.9. The third-order valence-corrected chi connectivity index (χ3v) is 3.90. The molecule has 2 unspecified atom stereocenters. The number of piperidine rings is 1. The van der Waals surface area contributed by atoms with Crippen LogP contribution in [0.5, 0.6) is 5.75 Å². The van der Waals surface area contributed by atoms with Crippen LogP contribution in [0.1, 0.15) is 18.9 Å². The Bertz CT molecular complexity index is 493. The van der Waals surface area contributed by atoms with Crippen molar-refractivity contribution in [1.82, 2.24) is 4.90 Å². The van der Waals surface area contributed by atoms with Gasteiger partial charge in [-0.15, -0.1) is 0 Å². The fourth-order valence-electron chi connectivity index (χ4n) is 2.63. The monoisotopic (exact) mass is 279 g/mol. The molecule has 2 N–H and O–H groups in total. The van der Waals surface area contributed by atoms with E-state index in [0.717, 1.165) is 25.1 Å². The van der Waals surface area contributed by atoms with E-state index in [1.54, 1.807) is 12.1 Å². The van der Waals surface area contributed by atoms with Gasteiger partial charge in [-0.05, 0) is 30.5 Å². The van der Waals surface area contributed by atoms with Crippen LogP contribution in [0.3, 0.4) is 0 Å². The summed E-state index contributed by atoms with van der Waals surface area (Å²) in [5.41, 5.74) is 6.95. The average molecular weight is 279 g/mol. The predicted octanol–water partition coefficient (Wildman–Crippen LogP) is 1.77.